The van der Waals surface area contributed by atoms with Gasteiger partial charge in [-0.05, 0) is 37.1 Å². The number of fused-ring (bicyclic) bond motifs is 1. The average molecular weight is 284 g/mol. The van der Waals surface area contributed by atoms with E-state index in [-0.39, 0.29) is 12.6 Å². The number of benzene rings is 1. The summed E-state index contributed by atoms with van der Waals surface area (Å²) in [6.07, 6.45) is 2.21. The Hall–Kier alpha value is -0.970. The van der Waals surface area contributed by atoms with Gasteiger partial charge in [0, 0.05) is 12.6 Å². The SMILES string of the molecule is OC[C@@H]1CCCN1Cc1cc(Cl)c2c(c1)OCCO2. The summed E-state index contributed by atoms with van der Waals surface area (Å²) in [5.74, 6) is 1.38. The lowest BCUT2D eigenvalue weighted by atomic mass is 10.1. The molecular formula is C14H18ClNO3. The van der Waals surface area contributed by atoms with Gasteiger partial charge in [-0.1, -0.05) is 11.6 Å². The first-order chi connectivity index (χ1) is 9.28. The zero-order valence-corrected chi connectivity index (χ0v) is 11.5. The molecule has 1 saturated heterocycles. The van der Waals surface area contributed by atoms with Crippen molar-refractivity contribution in [2.45, 2.75) is 25.4 Å². The molecule has 3 rings (SSSR count). The van der Waals surface area contributed by atoms with E-state index in [1.807, 2.05) is 12.1 Å². The Morgan fingerprint density at radius 3 is 3.00 bits per heavy atom. The molecule has 0 bridgehead atoms. The smallest absolute Gasteiger partial charge is 0.179 e. The fraction of sp³-hybridized carbons (Fsp3) is 0.571. The minimum Gasteiger partial charge on any atom is -0.486 e. The van der Waals surface area contributed by atoms with Gasteiger partial charge in [-0.25, -0.2) is 0 Å². The van der Waals surface area contributed by atoms with Crippen molar-refractivity contribution in [2.75, 3.05) is 26.4 Å². The molecule has 2 heterocycles. The zero-order chi connectivity index (χ0) is 13.2. The van der Waals surface area contributed by atoms with E-state index in [1.54, 1.807) is 0 Å². The van der Waals surface area contributed by atoms with Gasteiger partial charge in [0.1, 0.15) is 13.2 Å². The number of nitrogens with zero attached hydrogens (tertiary/aromatic N) is 1. The first kappa shape index (κ1) is 13.0. The molecule has 0 saturated carbocycles. The number of hydrogen-bond acceptors (Lipinski definition) is 4. The molecular weight excluding hydrogens is 266 g/mol. The molecule has 1 fully saturated rings. The highest BCUT2D eigenvalue weighted by Gasteiger charge is 2.24. The van der Waals surface area contributed by atoms with Crippen molar-refractivity contribution in [3.05, 3.63) is 22.7 Å². The number of halogens is 1. The van der Waals surface area contributed by atoms with Crippen LogP contribution in [0.25, 0.3) is 0 Å². The van der Waals surface area contributed by atoms with E-state index < -0.39 is 0 Å². The first-order valence-corrected chi connectivity index (χ1v) is 7.08. The van der Waals surface area contributed by atoms with Crippen molar-refractivity contribution in [2.24, 2.45) is 0 Å². The molecule has 0 aromatic heterocycles. The molecule has 0 amide bonds. The van der Waals surface area contributed by atoms with E-state index in [0.717, 1.165) is 37.2 Å². The molecule has 19 heavy (non-hydrogen) atoms. The van der Waals surface area contributed by atoms with Gasteiger partial charge in [0.05, 0.1) is 11.6 Å². The largest absolute Gasteiger partial charge is 0.486 e. The monoisotopic (exact) mass is 283 g/mol. The Kier molecular flexibility index (Phi) is 3.82. The van der Waals surface area contributed by atoms with Crippen molar-refractivity contribution in [1.29, 1.82) is 0 Å². The van der Waals surface area contributed by atoms with E-state index in [4.69, 9.17) is 21.1 Å². The Balaban J connectivity index is 1.79. The second-order valence-electron chi connectivity index (χ2n) is 5.05. The maximum absolute atomic E-state index is 9.35. The quantitative estimate of drug-likeness (QED) is 0.922. The predicted molar refractivity (Wildman–Crippen MR) is 73.0 cm³/mol. The minimum absolute atomic E-state index is 0.221. The first-order valence-electron chi connectivity index (χ1n) is 6.71. The molecule has 0 unspecified atom stereocenters. The summed E-state index contributed by atoms with van der Waals surface area (Å²) in [7, 11) is 0. The normalized spacial score (nSPS) is 22.7. The third-order valence-corrected chi connectivity index (χ3v) is 4.03. The molecule has 4 nitrogen and oxygen atoms in total. The molecule has 1 N–H and O–H groups in total. The van der Waals surface area contributed by atoms with Gasteiger partial charge < -0.3 is 14.6 Å². The number of hydrogen-bond donors (Lipinski definition) is 1. The van der Waals surface area contributed by atoms with Crippen molar-refractivity contribution in [3.8, 4) is 11.5 Å². The van der Waals surface area contributed by atoms with E-state index in [0.29, 0.717) is 24.0 Å². The van der Waals surface area contributed by atoms with Crippen LogP contribution >= 0.6 is 11.6 Å². The fourth-order valence-electron chi connectivity index (χ4n) is 2.80. The van der Waals surface area contributed by atoms with E-state index in [1.165, 1.54) is 0 Å². The highest BCUT2D eigenvalue weighted by Crippen LogP contribution is 2.38. The number of aliphatic hydroxyl groups is 1. The summed E-state index contributed by atoms with van der Waals surface area (Å²) in [5, 5.41) is 9.95. The molecule has 2 aliphatic heterocycles. The molecule has 2 aliphatic rings. The van der Waals surface area contributed by atoms with Crippen LogP contribution in [-0.4, -0.2) is 42.4 Å². The van der Waals surface area contributed by atoms with Crippen LogP contribution < -0.4 is 9.47 Å². The molecule has 1 aromatic rings. The summed E-state index contributed by atoms with van der Waals surface area (Å²) >= 11 is 6.23. The predicted octanol–water partition coefficient (Wildman–Crippen LogP) is 2.07. The number of aliphatic hydroxyl groups excluding tert-OH is 1. The average Bonchev–Trinajstić information content (AvgIpc) is 2.86. The van der Waals surface area contributed by atoms with Crippen molar-refractivity contribution in [3.63, 3.8) is 0 Å². The van der Waals surface area contributed by atoms with Crippen LogP contribution in [-0.2, 0) is 6.54 Å². The summed E-state index contributed by atoms with van der Waals surface area (Å²) in [6.45, 7) is 3.15. The summed E-state index contributed by atoms with van der Waals surface area (Å²) in [6, 6.07) is 4.20. The standard InChI is InChI=1S/C14H18ClNO3/c15-12-6-10(7-13-14(12)19-5-4-18-13)8-16-3-1-2-11(16)9-17/h6-7,11,17H,1-5,8-9H2/t11-/m0/s1. The lowest BCUT2D eigenvalue weighted by molar-refractivity contribution is 0.152. The fourth-order valence-corrected chi connectivity index (χ4v) is 3.09. The molecule has 0 aliphatic carbocycles. The van der Waals surface area contributed by atoms with Gasteiger partial charge in [0.2, 0.25) is 0 Å². The molecule has 104 valence electrons. The maximum Gasteiger partial charge on any atom is 0.179 e. The Labute approximate surface area is 117 Å². The van der Waals surface area contributed by atoms with Crippen LogP contribution in [0.5, 0.6) is 11.5 Å². The van der Waals surface area contributed by atoms with Crippen molar-refractivity contribution < 1.29 is 14.6 Å². The van der Waals surface area contributed by atoms with Gasteiger partial charge in [0.25, 0.3) is 0 Å². The lowest BCUT2D eigenvalue weighted by Gasteiger charge is -2.24. The van der Waals surface area contributed by atoms with Gasteiger partial charge in [0.15, 0.2) is 11.5 Å². The number of ether oxygens (including phenoxy) is 2. The van der Waals surface area contributed by atoms with Crippen molar-refractivity contribution >= 4 is 11.6 Å². The maximum atomic E-state index is 9.35. The Bertz CT molecular complexity index is 466. The summed E-state index contributed by atoms with van der Waals surface area (Å²) in [5.41, 5.74) is 1.11. The van der Waals surface area contributed by atoms with Gasteiger partial charge in [-0.2, -0.15) is 0 Å². The van der Waals surface area contributed by atoms with E-state index in [2.05, 4.69) is 4.90 Å². The van der Waals surface area contributed by atoms with Gasteiger partial charge >= 0.3 is 0 Å². The molecule has 0 radical (unpaired) electrons. The van der Waals surface area contributed by atoms with Crippen LogP contribution in [0.3, 0.4) is 0 Å². The van der Waals surface area contributed by atoms with E-state index >= 15 is 0 Å². The third kappa shape index (κ3) is 2.66. The van der Waals surface area contributed by atoms with Crippen LogP contribution in [0, 0.1) is 0 Å². The molecule has 5 heteroatoms. The molecule has 0 spiro atoms. The van der Waals surface area contributed by atoms with Crippen LogP contribution in [0.15, 0.2) is 12.1 Å². The second-order valence-corrected chi connectivity index (χ2v) is 5.46. The molecule has 1 aromatic carbocycles. The van der Waals surface area contributed by atoms with E-state index in [9.17, 15) is 5.11 Å². The van der Waals surface area contributed by atoms with Crippen LogP contribution in [0.4, 0.5) is 0 Å². The topological polar surface area (TPSA) is 41.9 Å². The van der Waals surface area contributed by atoms with Gasteiger partial charge in [-0.3, -0.25) is 4.90 Å². The lowest BCUT2D eigenvalue weighted by Crippen LogP contribution is -2.31. The minimum atomic E-state index is 0.221. The Morgan fingerprint density at radius 2 is 2.16 bits per heavy atom. The number of likely N-dealkylation sites (tertiary alicyclic amines) is 1. The summed E-state index contributed by atoms with van der Waals surface area (Å²) < 4.78 is 11.1. The summed E-state index contributed by atoms with van der Waals surface area (Å²) in [4.78, 5) is 2.29. The molecule has 1 atom stereocenters. The van der Waals surface area contributed by atoms with Crippen LogP contribution in [0.2, 0.25) is 5.02 Å². The van der Waals surface area contributed by atoms with Gasteiger partial charge in [-0.15, -0.1) is 0 Å². The van der Waals surface area contributed by atoms with Crippen molar-refractivity contribution in [1.82, 2.24) is 4.90 Å². The highest BCUT2D eigenvalue weighted by molar-refractivity contribution is 6.32. The zero-order valence-electron chi connectivity index (χ0n) is 10.8. The Morgan fingerprint density at radius 1 is 1.32 bits per heavy atom. The second kappa shape index (κ2) is 5.57. The number of rotatable bonds is 3. The highest BCUT2D eigenvalue weighted by atomic mass is 35.5. The third-order valence-electron chi connectivity index (χ3n) is 3.75. The van der Waals surface area contributed by atoms with Crippen LogP contribution in [0.1, 0.15) is 18.4 Å².